The first-order valence-electron chi connectivity index (χ1n) is 6.35. The fourth-order valence-corrected chi connectivity index (χ4v) is 2.66. The van der Waals surface area contributed by atoms with Gasteiger partial charge in [-0.3, -0.25) is 4.79 Å². The predicted octanol–water partition coefficient (Wildman–Crippen LogP) is 3.49. The minimum absolute atomic E-state index is 0. The van der Waals surface area contributed by atoms with Crippen molar-refractivity contribution in [3.63, 3.8) is 0 Å². The number of allylic oxidation sites excluding steroid dienone is 1. The molecule has 0 saturated carbocycles. The molecule has 1 aromatic carbocycles. The van der Waals surface area contributed by atoms with Gasteiger partial charge in [-0.05, 0) is 19.1 Å². The van der Waals surface area contributed by atoms with Crippen molar-refractivity contribution in [2.24, 2.45) is 5.92 Å². The summed E-state index contributed by atoms with van der Waals surface area (Å²) in [6.07, 6.45) is 3.97. The third-order valence-electron chi connectivity index (χ3n) is 3.17. The normalized spacial score (nSPS) is 18.4. The molecule has 1 atom stereocenters. The van der Waals surface area contributed by atoms with Crippen LogP contribution in [-0.4, -0.2) is 24.5 Å². The van der Waals surface area contributed by atoms with Crippen LogP contribution >= 0.6 is 15.9 Å². The summed E-state index contributed by atoms with van der Waals surface area (Å²) < 4.78 is 6.37. The molecular formula is C15H17BrNO2Y-. The Hall–Kier alpha value is -0.186. The Kier molecular flexibility index (Phi) is 6.89. The van der Waals surface area contributed by atoms with E-state index in [-0.39, 0.29) is 44.5 Å². The van der Waals surface area contributed by atoms with E-state index in [0.717, 1.165) is 21.5 Å². The summed E-state index contributed by atoms with van der Waals surface area (Å²) in [5, 5.41) is 0. The number of carbonyl (C=O) groups excluding carboxylic acids is 1. The number of hydrogen-bond acceptors (Lipinski definition) is 2. The van der Waals surface area contributed by atoms with Crippen molar-refractivity contribution in [1.82, 2.24) is 4.90 Å². The molecule has 1 radical (unpaired) electrons. The number of hydrogen-bond donors (Lipinski definition) is 0. The van der Waals surface area contributed by atoms with Crippen molar-refractivity contribution in [2.75, 3.05) is 13.7 Å². The van der Waals surface area contributed by atoms with E-state index in [9.17, 15) is 4.79 Å². The second-order valence-corrected chi connectivity index (χ2v) is 5.46. The van der Waals surface area contributed by atoms with Gasteiger partial charge in [-0.1, -0.05) is 33.7 Å². The summed E-state index contributed by atoms with van der Waals surface area (Å²) >= 11 is 3.54. The fraction of sp³-hybridized carbons (Fsp3) is 0.400. The summed E-state index contributed by atoms with van der Waals surface area (Å²) in [6.45, 7) is 4.51. The van der Waals surface area contributed by atoms with Crippen LogP contribution in [0.25, 0.3) is 5.70 Å². The number of rotatable bonds is 3. The van der Waals surface area contributed by atoms with Crippen LogP contribution in [0.5, 0.6) is 5.75 Å². The van der Waals surface area contributed by atoms with Gasteiger partial charge in [-0.15, -0.1) is 17.3 Å². The minimum atomic E-state index is 0. The average molecular weight is 412 g/mol. The molecule has 105 valence electrons. The molecule has 0 saturated heterocycles. The smallest absolute Gasteiger partial charge is 0.225 e. The summed E-state index contributed by atoms with van der Waals surface area (Å²) in [6, 6.07) is 5.79. The zero-order valence-electron chi connectivity index (χ0n) is 11.9. The van der Waals surface area contributed by atoms with Crippen molar-refractivity contribution < 1.29 is 42.2 Å². The van der Waals surface area contributed by atoms with E-state index in [4.69, 9.17) is 4.74 Å². The number of halogens is 1. The Morgan fingerprint density at radius 2 is 2.20 bits per heavy atom. The quantitative estimate of drug-likeness (QED) is 0.712. The van der Waals surface area contributed by atoms with Crippen LogP contribution in [0.1, 0.15) is 25.8 Å². The first-order valence-corrected chi connectivity index (χ1v) is 7.15. The minimum Gasteiger partial charge on any atom is -0.494 e. The molecular weight excluding hydrogens is 395 g/mol. The molecule has 0 aliphatic carbocycles. The van der Waals surface area contributed by atoms with Crippen LogP contribution in [0.3, 0.4) is 0 Å². The van der Waals surface area contributed by atoms with Gasteiger partial charge in [0.2, 0.25) is 5.91 Å². The third-order valence-corrected chi connectivity index (χ3v) is 3.83. The van der Waals surface area contributed by atoms with Crippen LogP contribution in [0.15, 0.2) is 22.7 Å². The molecule has 3 nitrogen and oxygen atoms in total. The molecule has 1 aliphatic heterocycles. The van der Waals surface area contributed by atoms with E-state index in [0.29, 0.717) is 13.0 Å². The van der Waals surface area contributed by atoms with Gasteiger partial charge in [0.1, 0.15) is 5.75 Å². The van der Waals surface area contributed by atoms with E-state index in [2.05, 4.69) is 22.0 Å². The first-order chi connectivity index (χ1) is 9.04. The molecule has 20 heavy (non-hydrogen) atoms. The molecule has 0 spiro atoms. The van der Waals surface area contributed by atoms with Gasteiger partial charge in [0.05, 0.1) is 6.61 Å². The Morgan fingerprint density at radius 1 is 1.50 bits per heavy atom. The maximum Gasteiger partial charge on any atom is 0.225 e. The van der Waals surface area contributed by atoms with Gasteiger partial charge in [-0.2, -0.15) is 0 Å². The van der Waals surface area contributed by atoms with E-state index >= 15 is 0 Å². The standard InChI is InChI=1S/C15H17BrNO2.Y/c1-4-19-11-6-7-12(13(16)9-11)14-8-5-10(2)15(18)17(14)3;/h6-7,9-10H,4-5H2,1-3H3;/q-1;. The number of nitrogens with zero attached hydrogens (tertiary/aromatic N) is 1. The Morgan fingerprint density at radius 3 is 2.80 bits per heavy atom. The second kappa shape index (κ2) is 7.72. The van der Waals surface area contributed by atoms with E-state index in [1.807, 2.05) is 32.0 Å². The monoisotopic (exact) mass is 411 g/mol. The number of carbonyl (C=O) groups is 1. The molecule has 1 aliphatic rings. The Balaban J connectivity index is 0.00000200. The van der Waals surface area contributed by atoms with Gasteiger partial charge < -0.3 is 9.64 Å². The SMILES string of the molecule is CCOc1ccc(C2=[C-]CC(C)C(=O)N2C)c(Br)c1.[Y]. The number of ether oxygens (including phenoxy) is 1. The topological polar surface area (TPSA) is 29.5 Å². The predicted molar refractivity (Wildman–Crippen MR) is 78.5 cm³/mol. The van der Waals surface area contributed by atoms with Gasteiger partial charge >= 0.3 is 0 Å². The summed E-state index contributed by atoms with van der Waals surface area (Å²) in [5.74, 6) is 0.960. The van der Waals surface area contributed by atoms with Crippen LogP contribution in [0.2, 0.25) is 0 Å². The maximum atomic E-state index is 12.0. The molecule has 0 aromatic heterocycles. The second-order valence-electron chi connectivity index (χ2n) is 4.60. The average Bonchev–Trinajstić information content (AvgIpc) is 2.38. The van der Waals surface area contributed by atoms with Gasteiger partial charge in [0, 0.05) is 45.7 Å². The zero-order chi connectivity index (χ0) is 14.0. The largest absolute Gasteiger partial charge is 0.494 e. The summed E-state index contributed by atoms with van der Waals surface area (Å²) in [5.41, 5.74) is 1.80. The molecule has 0 bridgehead atoms. The third kappa shape index (κ3) is 3.72. The molecule has 2 rings (SSSR count). The molecule has 0 N–H and O–H groups in total. The van der Waals surface area contributed by atoms with Crippen LogP contribution < -0.4 is 4.74 Å². The van der Waals surface area contributed by atoms with E-state index in [1.165, 1.54) is 0 Å². The molecule has 1 heterocycles. The van der Waals surface area contributed by atoms with Crippen LogP contribution in [-0.2, 0) is 37.5 Å². The summed E-state index contributed by atoms with van der Waals surface area (Å²) in [7, 11) is 1.79. The molecule has 1 amide bonds. The molecule has 5 heteroatoms. The summed E-state index contributed by atoms with van der Waals surface area (Å²) in [4.78, 5) is 13.7. The van der Waals surface area contributed by atoms with E-state index < -0.39 is 0 Å². The zero-order valence-corrected chi connectivity index (χ0v) is 16.4. The van der Waals surface area contributed by atoms with Gasteiger partial charge in [-0.25, -0.2) is 6.08 Å². The molecule has 1 aromatic rings. The number of amides is 1. The van der Waals surface area contributed by atoms with Gasteiger partial charge in [0.25, 0.3) is 0 Å². The Bertz CT molecular complexity index is 531. The maximum absolute atomic E-state index is 12.0. The fourth-order valence-electron chi connectivity index (χ4n) is 2.12. The van der Waals surface area contributed by atoms with Crippen molar-refractivity contribution in [3.8, 4) is 5.75 Å². The molecule has 0 fully saturated rings. The van der Waals surface area contributed by atoms with Crippen molar-refractivity contribution in [3.05, 3.63) is 34.3 Å². The molecule has 1 unspecified atom stereocenters. The van der Waals surface area contributed by atoms with Gasteiger partial charge in [0.15, 0.2) is 0 Å². The van der Waals surface area contributed by atoms with E-state index in [1.54, 1.807) is 11.9 Å². The first kappa shape index (κ1) is 17.9. The van der Waals surface area contributed by atoms with Crippen LogP contribution in [0, 0.1) is 12.0 Å². The van der Waals surface area contributed by atoms with Crippen LogP contribution in [0.4, 0.5) is 0 Å². The number of benzene rings is 1. The van der Waals surface area contributed by atoms with Crippen molar-refractivity contribution in [1.29, 1.82) is 0 Å². The van der Waals surface area contributed by atoms with Crippen molar-refractivity contribution >= 4 is 27.5 Å². The van der Waals surface area contributed by atoms with Crippen molar-refractivity contribution in [2.45, 2.75) is 20.3 Å². The Labute approximate surface area is 153 Å².